The maximum atomic E-state index is 13.4. The van der Waals surface area contributed by atoms with E-state index in [4.69, 9.17) is 27.9 Å². The van der Waals surface area contributed by atoms with Gasteiger partial charge in [-0.1, -0.05) is 41.4 Å². The minimum absolute atomic E-state index is 0.0338. The van der Waals surface area contributed by atoms with Crippen LogP contribution >= 0.6 is 23.2 Å². The molecule has 0 bridgehead atoms. The van der Waals surface area contributed by atoms with Crippen LogP contribution in [0.4, 0.5) is 4.39 Å². The van der Waals surface area contributed by atoms with Gasteiger partial charge in [0.15, 0.2) is 0 Å². The predicted octanol–water partition coefficient (Wildman–Crippen LogP) is 4.50. The first kappa shape index (κ1) is 16.1. The Kier molecular flexibility index (Phi) is 5.45. The van der Waals surface area contributed by atoms with Crippen molar-refractivity contribution in [2.75, 3.05) is 0 Å². The normalized spacial score (nSPS) is 13.8. The fraction of sp³-hybridized carbons (Fsp3) is 0.250. The molecule has 2 rings (SSSR count). The van der Waals surface area contributed by atoms with E-state index in [0.717, 1.165) is 0 Å². The quantitative estimate of drug-likeness (QED) is 0.875. The number of halogens is 3. The molecule has 0 amide bonds. The molecule has 0 aliphatic carbocycles. The van der Waals surface area contributed by atoms with Gasteiger partial charge in [-0.25, -0.2) is 4.39 Å². The molecule has 0 aromatic heterocycles. The summed E-state index contributed by atoms with van der Waals surface area (Å²) in [5, 5.41) is 10.8. The van der Waals surface area contributed by atoms with E-state index in [1.165, 1.54) is 6.07 Å². The Morgan fingerprint density at radius 3 is 2.62 bits per heavy atom. The molecule has 0 radical (unpaired) electrons. The van der Waals surface area contributed by atoms with Gasteiger partial charge in [0.1, 0.15) is 17.7 Å². The third-order valence-electron chi connectivity index (χ3n) is 3.12. The molecule has 21 heavy (non-hydrogen) atoms. The van der Waals surface area contributed by atoms with Crippen LogP contribution in [0.1, 0.15) is 12.5 Å². The molecule has 2 aromatic rings. The number of benzene rings is 2. The SMILES string of the molecule is CC(Oc1cccc(Cl)c1)C(O)Cc1cccc(F)c1Cl. The van der Waals surface area contributed by atoms with Crippen molar-refractivity contribution in [3.05, 3.63) is 63.9 Å². The second-order valence-electron chi connectivity index (χ2n) is 4.76. The van der Waals surface area contributed by atoms with Crippen LogP contribution in [-0.2, 0) is 6.42 Å². The van der Waals surface area contributed by atoms with Gasteiger partial charge in [0.25, 0.3) is 0 Å². The molecule has 0 saturated carbocycles. The Balaban J connectivity index is 2.02. The molecule has 0 aliphatic rings. The molecule has 5 heteroatoms. The van der Waals surface area contributed by atoms with Gasteiger partial charge < -0.3 is 9.84 Å². The van der Waals surface area contributed by atoms with Crippen molar-refractivity contribution in [1.29, 1.82) is 0 Å². The fourth-order valence-electron chi connectivity index (χ4n) is 1.93. The Morgan fingerprint density at radius 1 is 1.19 bits per heavy atom. The van der Waals surface area contributed by atoms with Crippen LogP contribution in [0.15, 0.2) is 42.5 Å². The largest absolute Gasteiger partial charge is 0.488 e. The summed E-state index contributed by atoms with van der Waals surface area (Å²) in [6, 6.07) is 11.4. The Hall–Kier alpha value is -1.29. The maximum Gasteiger partial charge on any atom is 0.142 e. The average molecular weight is 329 g/mol. The summed E-state index contributed by atoms with van der Waals surface area (Å²) in [6.45, 7) is 1.73. The molecular weight excluding hydrogens is 314 g/mol. The van der Waals surface area contributed by atoms with Crippen molar-refractivity contribution in [3.63, 3.8) is 0 Å². The second kappa shape index (κ2) is 7.12. The minimum Gasteiger partial charge on any atom is -0.488 e. The van der Waals surface area contributed by atoms with Gasteiger partial charge in [0.2, 0.25) is 0 Å². The van der Waals surface area contributed by atoms with Gasteiger partial charge in [0, 0.05) is 11.4 Å². The van der Waals surface area contributed by atoms with E-state index >= 15 is 0 Å². The van der Waals surface area contributed by atoms with E-state index in [2.05, 4.69) is 0 Å². The molecular formula is C16H15Cl2FO2. The van der Waals surface area contributed by atoms with Gasteiger partial charge >= 0.3 is 0 Å². The summed E-state index contributed by atoms with van der Waals surface area (Å²) >= 11 is 11.8. The highest BCUT2D eigenvalue weighted by atomic mass is 35.5. The van der Waals surface area contributed by atoms with Gasteiger partial charge in [-0.15, -0.1) is 0 Å². The number of rotatable bonds is 5. The first-order chi connectivity index (χ1) is 9.97. The van der Waals surface area contributed by atoms with E-state index in [-0.39, 0.29) is 11.4 Å². The number of aliphatic hydroxyl groups excluding tert-OH is 1. The molecule has 0 heterocycles. The fourth-order valence-corrected chi connectivity index (χ4v) is 2.31. The molecule has 0 aliphatic heterocycles. The molecule has 2 unspecified atom stereocenters. The van der Waals surface area contributed by atoms with E-state index in [9.17, 15) is 9.50 Å². The zero-order valence-corrected chi connectivity index (χ0v) is 12.9. The topological polar surface area (TPSA) is 29.5 Å². The molecule has 0 saturated heterocycles. The van der Waals surface area contributed by atoms with Crippen molar-refractivity contribution >= 4 is 23.2 Å². The van der Waals surface area contributed by atoms with E-state index in [1.54, 1.807) is 43.3 Å². The summed E-state index contributed by atoms with van der Waals surface area (Å²) in [7, 11) is 0. The van der Waals surface area contributed by atoms with Crippen molar-refractivity contribution in [2.45, 2.75) is 25.6 Å². The molecule has 1 N–H and O–H groups in total. The van der Waals surface area contributed by atoms with Crippen LogP contribution in [0.25, 0.3) is 0 Å². The summed E-state index contributed by atoms with van der Waals surface area (Å²) in [5.41, 5.74) is 0.547. The minimum atomic E-state index is -0.816. The molecule has 0 spiro atoms. The van der Waals surface area contributed by atoms with Crippen molar-refractivity contribution < 1.29 is 14.2 Å². The Morgan fingerprint density at radius 2 is 1.90 bits per heavy atom. The molecule has 2 nitrogen and oxygen atoms in total. The highest BCUT2D eigenvalue weighted by Gasteiger charge is 2.19. The van der Waals surface area contributed by atoms with Crippen molar-refractivity contribution in [1.82, 2.24) is 0 Å². The predicted molar refractivity (Wildman–Crippen MR) is 82.7 cm³/mol. The lowest BCUT2D eigenvalue weighted by molar-refractivity contribution is 0.0478. The Labute approximate surface area is 133 Å². The van der Waals surface area contributed by atoms with E-state index < -0.39 is 18.0 Å². The zero-order chi connectivity index (χ0) is 15.4. The lowest BCUT2D eigenvalue weighted by atomic mass is 10.0. The maximum absolute atomic E-state index is 13.4. The third-order valence-corrected chi connectivity index (χ3v) is 3.78. The molecule has 0 fully saturated rings. The van der Waals surface area contributed by atoms with Gasteiger partial charge in [-0.2, -0.15) is 0 Å². The highest BCUT2D eigenvalue weighted by molar-refractivity contribution is 6.31. The van der Waals surface area contributed by atoms with Crippen LogP contribution in [0.3, 0.4) is 0 Å². The number of hydrogen-bond acceptors (Lipinski definition) is 2. The van der Waals surface area contributed by atoms with Crippen molar-refractivity contribution in [3.8, 4) is 5.75 Å². The van der Waals surface area contributed by atoms with Crippen LogP contribution in [0.2, 0.25) is 10.0 Å². The van der Waals surface area contributed by atoms with E-state index in [0.29, 0.717) is 16.3 Å². The van der Waals surface area contributed by atoms with Gasteiger partial charge in [-0.3, -0.25) is 0 Å². The summed E-state index contributed by atoms with van der Waals surface area (Å²) in [5.74, 6) is 0.0733. The van der Waals surface area contributed by atoms with E-state index in [1.807, 2.05) is 0 Å². The Bertz CT molecular complexity index is 619. The number of hydrogen-bond donors (Lipinski definition) is 1. The van der Waals surface area contributed by atoms with Crippen LogP contribution in [0, 0.1) is 5.82 Å². The van der Waals surface area contributed by atoms with Gasteiger partial charge in [0.05, 0.1) is 11.1 Å². The number of aliphatic hydroxyl groups is 1. The van der Waals surface area contributed by atoms with Gasteiger partial charge in [-0.05, 0) is 36.8 Å². The lowest BCUT2D eigenvalue weighted by Gasteiger charge is -2.21. The van der Waals surface area contributed by atoms with Crippen LogP contribution in [0.5, 0.6) is 5.75 Å². The summed E-state index contributed by atoms with van der Waals surface area (Å²) in [6.07, 6.45) is -1.09. The number of ether oxygens (including phenoxy) is 1. The van der Waals surface area contributed by atoms with Crippen LogP contribution < -0.4 is 4.74 Å². The average Bonchev–Trinajstić information content (AvgIpc) is 2.44. The lowest BCUT2D eigenvalue weighted by Crippen LogP contribution is -2.30. The third kappa shape index (κ3) is 4.34. The smallest absolute Gasteiger partial charge is 0.142 e. The second-order valence-corrected chi connectivity index (χ2v) is 5.58. The van der Waals surface area contributed by atoms with Crippen molar-refractivity contribution in [2.24, 2.45) is 0 Å². The molecule has 2 atom stereocenters. The van der Waals surface area contributed by atoms with Crippen LogP contribution in [-0.4, -0.2) is 17.3 Å². The summed E-state index contributed by atoms with van der Waals surface area (Å²) in [4.78, 5) is 0. The molecule has 2 aromatic carbocycles. The summed E-state index contributed by atoms with van der Waals surface area (Å²) < 4.78 is 19.0. The highest BCUT2D eigenvalue weighted by Crippen LogP contribution is 2.23. The monoisotopic (exact) mass is 328 g/mol. The zero-order valence-electron chi connectivity index (χ0n) is 11.4. The first-order valence-corrected chi connectivity index (χ1v) is 7.26. The molecule has 112 valence electrons. The first-order valence-electron chi connectivity index (χ1n) is 6.50. The standard InChI is InChI=1S/C16H15Cl2FO2/c1-10(21-13-6-3-5-12(17)9-13)15(20)8-11-4-2-7-14(19)16(11)18/h2-7,9-10,15,20H,8H2,1H3.